The van der Waals surface area contributed by atoms with Crippen molar-refractivity contribution in [3.8, 4) is 5.75 Å². The van der Waals surface area contributed by atoms with Crippen molar-refractivity contribution < 1.29 is 4.74 Å². The number of nitrogens with one attached hydrogen (secondary N) is 1. The van der Waals surface area contributed by atoms with E-state index in [1.807, 2.05) is 54.7 Å². The number of hydrogen-bond acceptors (Lipinski definition) is 3. The predicted molar refractivity (Wildman–Crippen MR) is 94.6 cm³/mol. The molecule has 2 aromatic carbocycles. The molecule has 0 amide bonds. The van der Waals surface area contributed by atoms with Crippen LogP contribution in [-0.4, -0.2) is 22.5 Å². The number of aromatic nitrogens is 2. The molecule has 122 valence electrons. The van der Waals surface area contributed by atoms with Gasteiger partial charge >= 0.3 is 0 Å². The normalized spacial score (nSPS) is 10.5. The molecule has 0 radical (unpaired) electrons. The maximum Gasteiger partial charge on any atom is 0.123 e. The molecule has 0 spiro atoms. The number of methoxy groups -OCH3 is 1. The SMILES string of the molecule is COc1ccccc1Cc1nccn1Cc1ccccc1C(=N)N. The average Bonchev–Trinajstić information content (AvgIpc) is 3.02. The molecule has 0 aliphatic heterocycles. The van der Waals surface area contributed by atoms with E-state index in [1.54, 1.807) is 13.3 Å². The third-order valence-electron chi connectivity index (χ3n) is 3.99. The summed E-state index contributed by atoms with van der Waals surface area (Å²) in [4.78, 5) is 4.48. The van der Waals surface area contributed by atoms with Crippen LogP contribution in [0.1, 0.15) is 22.5 Å². The molecule has 3 N–H and O–H groups in total. The lowest BCUT2D eigenvalue weighted by Crippen LogP contribution is -2.15. The fourth-order valence-corrected chi connectivity index (χ4v) is 2.78. The molecule has 0 fully saturated rings. The van der Waals surface area contributed by atoms with Crippen LogP contribution in [0.3, 0.4) is 0 Å². The number of amidine groups is 1. The quantitative estimate of drug-likeness (QED) is 0.541. The summed E-state index contributed by atoms with van der Waals surface area (Å²) in [5.41, 5.74) is 8.54. The summed E-state index contributed by atoms with van der Waals surface area (Å²) in [7, 11) is 1.68. The Morgan fingerprint density at radius 2 is 1.83 bits per heavy atom. The molecule has 24 heavy (non-hydrogen) atoms. The zero-order chi connectivity index (χ0) is 16.9. The number of nitrogens with zero attached hydrogens (tertiary/aromatic N) is 2. The Balaban J connectivity index is 1.88. The second kappa shape index (κ2) is 7.00. The largest absolute Gasteiger partial charge is 0.496 e. The van der Waals surface area contributed by atoms with E-state index in [0.29, 0.717) is 13.0 Å². The van der Waals surface area contributed by atoms with E-state index in [9.17, 15) is 0 Å². The van der Waals surface area contributed by atoms with Gasteiger partial charge < -0.3 is 15.0 Å². The molecule has 0 saturated heterocycles. The highest BCUT2D eigenvalue weighted by Gasteiger charge is 2.11. The van der Waals surface area contributed by atoms with E-state index in [2.05, 4.69) is 9.55 Å². The third kappa shape index (κ3) is 3.30. The highest BCUT2D eigenvalue weighted by Crippen LogP contribution is 2.21. The molecule has 1 aromatic heterocycles. The van der Waals surface area contributed by atoms with Crippen molar-refractivity contribution in [1.29, 1.82) is 5.41 Å². The first kappa shape index (κ1) is 15.8. The van der Waals surface area contributed by atoms with Crippen molar-refractivity contribution in [2.45, 2.75) is 13.0 Å². The van der Waals surface area contributed by atoms with E-state index in [-0.39, 0.29) is 5.84 Å². The van der Waals surface area contributed by atoms with Gasteiger partial charge in [-0.3, -0.25) is 5.41 Å². The smallest absolute Gasteiger partial charge is 0.123 e. The van der Waals surface area contributed by atoms with Gasteiger partial charge in [-0.2, -0.15) is 0 Å². The van der Waals surface area contributed by atoms with Gasteiger partial charge in [0.15, 0.2) is 0 Å². The fourth-order valence-electron chi connectivity index (χ4n) is 2.78. The first-order chi connectivity index (χ1) is 11.7. The fraction of sp³-hybridized carbons (Fsp3) is 0.158. The Kier molecular flexibility index (Phi) is 4.61. The minimum atomic E-state index is 0.0805. The zero-order valence-corrected chi connectivity index (χ0v) is 13.6. The number of rotatable bonds is 6. The van der Waals surface area contributed by atoms with Crippen molar-refractivity contribution in [3.05, 3.63) is 83.4 Å². The van der Waals surface area contributed by atoms with E-state index >= 15 is 0 Å². The van der Waals surface area contributed by atoms with Gasteiger partial charge in [0.1, 0.15) is 17.4 Å². The standard InChI is InChI=1S/C19H20N4O/c1-24-17-9-5-3-6-14(17)12-18-22-10-11-23(18)13-15-7-2-4-8-16(15)19(20)21/h2-11H,12-13H2,1H3,(H3,20,21). The summed E-state index contributed by atoms with van der Waals surface area (Å²) in [5.74, 6) is 1.88. The minimum Gasteiger partial charge on any atom is -0.496 e. The first-order valence-electron chi connectivity index (χ1n) is 7.73. The number of nitrogen functional groups attached to an aromatic ring is 1. The second-order valence-corrected chi connectivity index (χ2v) is 5.53. The molecule has 3 aromatic rings. The van der Waals surface area contributed by atoms with Gasteiger partial charge in [-0.05, 0) is 11.6 Å². The lowest BCUT2D eigenvalue weighted by atomic mass is 10.1. The summed E-state index contributed by atoms with van der Waals surface area (Å²) in [6.45, 7) is 0.625. The molecule has 3 rings (SSSR count). The maximum atomic E-state index is 7.73. The van der Waals surface area contributed by atoms with Crippen LogP contribution in [-0.2, 0) is 13.0 Å². The molecule has 1 heterocycles. The van der Waals surface area contributed by atoms with E-state index in [0.717, 1.165) is 28.3 Å². The van der Waals surface area contributed by atoms with Crippen molar-refractivity contribution in [2.24, 2.45) is 5.73 Å². The monoisotopic (exact) mass is 320 g/mol. The van der Waals surface area contributed by atoms with Crippen LogP contribution >= 0.6 is 0 Å². The lowest BCUT2D eigenvalue weighted by Gasteiger charge is -2.13. The van der Waals surface area contributed by atoms with Crippen LogP contribution in [0.5, 0.6) is 5.75 Å². The molecule has 0 aliphatic carbocycles. The lowest BCUT2D eigenvalue weighted by molar-refractivity contribution is 0.410. The van der Waals surface area contributed by atoms with Crippen molar-refractivity contribution >= 4 is 5.84 Å². The Hall–Kier alpha value is -3.08. The van der Waals surface area contributed by atoms with E-state index in [1.165, 1.54) is 0 Å². The summed E-state index contributed by atoms with van der Waals surface area (Å²) < 4.78 is 7.50. The molecule has 0 saturated carbocycles. The maximum absolute atomic E-state index is 7.73. The van der Waals surface area contributed by atoms with Crippen LogP contribution in [0.4, 0.5) is 0 Å². The zero-order valence-electron chi connectivity index (χ0n) is 13.6. The molecular weight excluding hydrogens is 300 g/mol. The van der Waals surface area contributed by atoms with Gasteiger partial charge in [0, 0.05) is 36.5 Å². The van der Waals surface area contributed by atoms with Crippen LogP contribution < -0.4 is 10.5 Å². The topological polar surface area (TPSA) is 76.9 Å². The Labute approximate surface area is 141 Å². The summed E-state index contributed by atoms with van der Waals surface area (Å²) in [6, 6.07) is 15.7. The summed E-state index contributed by atoms with van der Waals surface area (Å²) in [5, 5.41) is 7.73. The van der Waals surface area contributed by atoms with Crippen molar-refractivity contribution in [2.75, 3.05) is 7.11 Å². The van der Waals surface area contributed by atoms with Gasteiger partial charge in [0.2, 0.25) is 0 Å². The summed E-state index contributed by atoms with van der Waals surface area (Å²) >= 11 is 0. The molecule has 5 heteroatoms. The van der Waals surface area contributed by atoms with Gasteiger partial charge in [-0.25, -0.2) is 4.98 Å². The van der Waals surface area contributed by atoms with Gasteiger partial charge in [-0.15, -0.1) is 0 Å². The highest BCUT2D eigenvalue weighted by molar-refractivity contribution is 5.96. The van der Waals surface area contributed by atoms with Crippen LogP contribution in [0, 0.1) is 5.41 Å². The molecule has 5 nitrogen and oxygen atoms in total. The Bertz CT molecular complexity index is 854. The van der Waals surface area contributed by atoms with Gasteiger partial charge in [0.25, 0.3) is 0 Å². The molecule has 0 aliphatic rings. The minimum absolute atomic E-state index is 0.0805. The van der Waals surface area contributed by atoms with Crippen LogP contribution in [0.2, 0.25) is 0 Å². The molecule has 0 unspecified atom stereocenters. The second-order valence-electron chi connectivity index (χ2n) is 5.53. The number of hydrogen-bond donors (Lipinski definition) is 2. The van der Waals surface area contributed by atoms with E-state index < -0.39 is 0 Å². The predicted octanol–water partition coefficient (Wildman–Crippen LogP) is 2.81. The van der Waals surface area contributed by atoms with Crippen LogP contribution in [0.25, 0.3) is 0 Å². The van der Waals surface area contributed by atoms with Crippen molar-refractivity contribution in [3.63, 3.8) is 0 Å². The average molecular weight is 320 g/mol. The summed E-state index contributed by atoms with van der Waals surface area (Å²) in [6.07, 6.45) is 4.42. The van der Waals surface area contributed by atoms with Crippen molar-refractivity contribution in [1.82, 2.24) is 9.55 Å². The number of benzene rings is 2. The molecular formula is C19H20N4O. The van der Waals surface area contributed by atoms with Gasteiger partial charge in [-0.1, -0.05) is 42.5 Å². The van der Waals surface area contributed by atoms with Crippen LogP contribution in [0.15, 0.2) is 60.9 Å². The third-order valence-corrected chi connectivity index (χ3v) is 3.99. The Morgan fingerprint density at radius 3 is 2.58 bits per heavy atom. The number of para-hydroxylation sites is 1. The molecule has 0 atom stereocenters. The first-order valence-corrected chi connectivity index (χ1v) is 7.73. The molecule has 0 bridgehead atoms. The van der Waals surface area contributed by atoms with E-state index in [4.69, 9.17) is 15.9 Å². The number of imidazole rings is 1. The number of nitrogens with two attached hydrogens (primary N) is 1. The number of ether oxygens (including phenoxy) is 1. The highest BCUT2D eigenvalue weighted by atomic mass is 16.5. The Morgan fingerprint density at radius 1 is 1.12 bits per heavy atom. The van der Waals surface area contributed by atoms with Gasteiger partial charge in [0.05, 0.1) is 7.11 Å².